The summed E-state index contributed by atoms with van der Waals surface area (Å²) in [7, 11) is 0. The zero-order chi connectivity index (χ0) is 12.4. The van der Waals surface area contributed by atoms with Crippen LogP contribution in [0.5, 0.6) is 0 Å². The highest BCUT2D eigenvalue weighted by molar-refractivity contribution is 5.89. The van der Waals surface area contributed by atoms with Gasteiger partial charge in [0, 0.05) is 25.1 Å². The molecule has 0 saturated carbocycles. The van der Waals surface area contributed by atoms with Crippen molar-refractivity contribution in [2.24, 2.45) is 0 Å². The van der Waals surface area contributed by atoms with E-state index in [4.69, 9.17) is 0 Å². The number of rotatable bonds is 3. The normalized spacial score (nSPS) is 10.7. The van der Waals surface area contributed by atoms with Crippen LogP contribution < -0.4 is 5.32 Å². The fraction of sp³-hybridized carbons (Fsp3) is 0.154. The maximum Gasteiger partial charge on any atom is 0.143 e. The van der Waals surface area contributed by atoms with Crippen LogP contribution in [-0.4, -0.2) is 19.9 Å². The van der Waals surface area contributed by atoms with Gasteiger partial charge >= 0.3 is 0 Å². The van der Waals surface area contributed by atoms with Crippen molar-refractivity contribution in [3.8, 4) is 0 Å². The minimum Gasteiger partial charge on any atom is -0.365 e. The molecule has 3 aromatic rings. The van der Waals surface area contributed by atoms with Gasteiger partial charge in [-0.15, -0.1) is 0 Å². The van der Waals surface area contributed by atoms with Crippen LogP contribution >= 0.6 is 0 Å². The summed E-state index contributed by atoms with van der Waals surface area (Å²) in [5.74, 6) is 0.850. The Morgan fingerprint density at radius 2 is 2.28 bits per heavy atom. The highest BCUT2D eigenvalue weighted by Crippen LogP contribution is 2.22. The van der Waals surface area contributed by atoms with Crippen LogP contribution in [0, 0.1) is 6.92 Å². The van der Waals surface area contributed by atoms with Crippen LogP contribution in [0.2, 0.25) is 0 Å². The molecular formula is C13H13N5. The van der Waals surface area contributed by atoms with E-state index in [1.807, 2.05) is 31.5 Å². The molecule has 0 spiro atoms. The van der Waals surface area contributed by atoms with Crippen LogP contribution in [0.15, 0.2) is 37.1 Å². The van der Waals surface area contributed by atoms with Gasteiger partial charge < -0.3 is 10.3 Å². The van der Waals surface area contributed by atoms with Gasteiger partial charge in [-0.05, 0) is 24.1 Å². The molecule has 0 radical (unpaired) electrons. The molecule has 0 atom stereocenters. The highest BCUT2D eigenvalue weighted by Gasteiger charge is 2.07. The van der Waals surface area contributed by atoms with Crippen LogP contribution in [0.25, 0.3) is 11.0 Å². The second-order valence-corrected chi connectivity index (χ2v) is 4.13. The highest BCUT2D eigenvalue weighted by atomic mass is 15.0. The van der Waals surface area contributed by atoms with Gasteiger partial charge in [0.05, 0.1) is 5.39 Å². The summed E-state index contributed by atoms with van der Waals surface area (Å²) in [5.41, 5.74) is 3.12. The number of H-pyrrole nitrogens is 1. The Hall–Kier alpha value is -2.43. The third-order valence-corrected chi connectivity index (χ3v) is 2.85. The summed E-state index contributed by atoms with van der Waals surface area (Å²) >= 11 is 0. The van der Waals surface area contributed by atoms with E-state index in [0.717, 1.165) is 28.0 Å². The van der Waals surface area contributed by atoms with E-state index >= 15 is 0 Å². The van der Waals surface area contributed by atoms with Crippen LogP contribution in [-0.2, 0) is 6.54 Å². The van der Waals surface area contributed by atoms with Crippen molar-refractivity contribution in [1.82, 2.24) is 19.9 Å². The Balaban J connectivity index is 1.89. The zero-order valence-electron chi connectivity index (χ0n) is 10.0. The average molecular weight is 239 g/mol. The number of pyridine rings is 1. The fourth-order valence-corrected chi connectivity index (χ4v) is 1.94. The van der Waals surface area contributed by atoms with E-state index in [0.29, 0.717) is 6.54 Å². The molecule has 0 fully saturated rings. The molecule has 5 nitrogen and oxygen atoms in total. The van der Waals surface area contributed by atoms with Gasteiger partial charge in [-0.2, -0.15) is 0 Å². The van der Waals surface area contributed by atoms with E-state index in [9.17, 15) is 0 Å². The van der Waals surface area contributed by atoms with Gasteiger partial charge in [0.2, 0.25) is 0 Å². The smallest absolute Gasteiger partial charge is 0.143 e. The van der Waals surface area contributed by atoms with Crippen molar-refractivity contribution >= 4 is 16.9 Å². The van der Waals surface area contributed by atoms with Gasteiger partial charge in [-0.3, -0.25) is 4.98 Å². The molecule has 0 aromatic carbocycles. The Morgan fingerprint density at radius 1 is 1.33 bits per heavy atom. The number of aryl methyl sites for hydroxylation is 1. The summed E-state index contributed by atoms with van der Waals surface area (Å²) in [6.45, 7) is 2.74. The SMILES string of the molecule is Cc1c[nH]c2ncnc(NCc3cccnc3)c12. The van der Waals surface area contributed by atoms with Crippen molar-refractivity contribution < 1.29 is 0 Å². The summed E-state index contributed by atoms with van der Waals surface area (Å²) in [4.78, 5) is 15.7. The summed E-state index contributed by atoms with van der Waals surface area (Å²) in [6, 6.07) is 3.95. The Kier molecular flexibility index (Phi) is 2.64. The van der Waals surface area contributed by atoms with Gasteiger partial charge in [0.15, 0.2) is 0 Å². The Morgan fingerprint density at radius 3 is 3.11 bits per heavy atom. The van der Waals surface area contributed by atoms with Crippen LogP contribution in [0.3, 0.4) is 0 Å². The molecule has 0 aliphatic rings. The molecule has 3 rings (SSSR count). The molecule has 3 heterocycles. The first-order chi connectivity index (χ1) is 8.84. The number of aromatic amines is 1. The maximum atomic E-state index is 4.29. The van der Waals surface area contributed by atoms with E-state index in [1.165, 1.54) is 0 Å². The number of nitrogens with one attached hydrogen (secondary N) is 2. The molecule has 0 saturated heterocycles. The van der Waals surface area contributed by atoms with Gasteiger partial charge in [0.1, 0.15) is 17.8 Å². The third kappa shape index (κ3) is 1.90. The lowest BCUT2D eigenvalue weighted by Crippen LogP contribution is -2.02. The second kappa shape index (κ2) is 4.44. The maximum absolute atomic E-state index is 4.29. The lowest BCUT2D eigenvalue weighted by Gasteiger charge is -2.06. The zero-order valence-corrected chi connectivity index (χ0v) is 10.0. The van der Waals surface area contributed by atoms with Gasteiger partial charge in [-0.1, -0.05) is 6.07 Å². The van der Waals surface area contributed by atoms with Crippen LogP contribution in [0.4, 0.5) is 5.82 Å². The fourth-order valence-electron chi connectivity index (χ4n) is 1.94. The van der Waals surface area contributed by atoms with E-state index < -0.39 is 0 Å². The van der Waals surface area contributed by atoms with Crippen molar-refractivity contribution in [2.75, 3.05) is 5.32 Å². The first-order valence-corrected chi connectivity index (χ1v) is 5.76. The predicted molar refractivity (Wildman–Crippen MR) is 70.2 cm³/mol. The molecule has 0 aliphatic carbocycles. The number of hydrogen-bond acceptors (Lipinski definition) is 4. The summed E-state index contributed by atoms with van der Waals surface area (Å²) in [6.07, 6.45) is 7.11. The topological polar surface area (TPSA) is 66.5 Å². The molecule has 0 unspecified atom stereocenters. The molecule has 0 bridgehead atoms. The van der Waals surface area contributed by atoms with Gasteiger partial charge in [-0.25, -0.2) is 9.97 Å². The third-order valence-electron chi connectivity index (χ3n) is 2.85. The van der Waals surface area contributed by atoms with Gasteiger partial charge in [0.25, 0.3) is 0 Å². The first kappa shape index (κ1) is 10.7. The van der Waals surface area contributed by atoms with Crippen molar-refractivity contribution in [3.63, 3.8) is 0 Å². The number of anilines is 1. The molecule has 18 heavy (non-hydrogen) atoms. The van der Waals surface area contributed by atoms with Crippen molar-refractivity contribution in [1.29, 1.82) is 0 Å². The minimum absolute atomic E-state index is 0.699. The molecule has 0 aliphatic heterocycles. The van der Waals surface area contributed by atoms with E-state index in [2.05, 4.69) is 25.3 Å². The number of aromatic nitrogens is 4. The van der Waals surface area contributed by atoms with E-state index in [-0.39, 0.29) is 0 Å². The lowest BCUT2D eigenvalue weighted by molar-refractivity contribution is 1.08. The Bertz CT molecular complexity index is 659. The van der Waals surface area contributed by atoms with Crippen LogP contribution in [0.1, 0.15) is 11.1 Å². The quantitative estimate of drug-likeness (QED) is 0.735. The van der Waals surface area contributed by atoms with E-state index in [1.54, 1.807) is 12.5 Å². The molecule has 5 heteroatoms. The first-order valence-electron chi connectivity index (χ1n) is 5.76. The average Bonchev–Trinajstić information content (AvgIpc) is 2.80. The van der Waals surface area contributed by atoms with Crippen molar-refractivity contribution in [3.05, 3.63) is 48.2 Å². The standard InChI is InChI=1S/C13H13N5/c1-9-5-15-12-11(9)13(18-8-17-12)16-7-10-3-2-4-14-6-10/h2-6,8H,7H2,1H3,(H2,15,16,17,18). The molecule has 90 valence electrons. The van der Waals surface area contributed by atoms with Crippen molar-refractivity contribution in [2.45, 2.75) is 13.5 Å². The minimum atomic E-state index is 0.699. The molecule has 3 aromatic heterocycles. The predicted octanol–water partition coefficient (Wildman–Crippen LogP) is 2.27. The Labute approximate surface area is 104 Å². The molecular weight excluding hydrogens is 226 g/mol. The largest absolute Gasteiger partial charge is 0.365 e. The second-order valence-electron chi connectivity index (χ2n) is 4.13. The number of fused-ring (bicyclic) bond motifs is 1. The summed E-state index contributed by atoms with van der Waals surface area (Å²) in [5, 5.41) is 4.36. The summed E-state index contributed by atoms with van der Waals surface area (Å²) < 4.78 is 0. The number of nitrogens with zero attached hydrogens (tertiary/aromatic N) is 3. The molecule has 0 amide bonds. The lowest BCUT2D eigenvalue weighted by atomic mass is 10.2. The molecule has 2 N–H and O–H groups in total. The number of hydrogen-bond donors (Lipinski definition) is 2. The monoisotopic (exact) mass is 239 g/mol.